The van der Waals surface area contributed by atoms with Crippen LogP contribution in [0.5, 0.6) is 11.5 Å². The number of amides is 2. The van der Waals surface area contributed by atoms with Crippen LogP contribution in [0.25, 0.3) is 6.08 Å². The molecule has 0 saturated heterocycles. The lowest BCUT2D eigenvalue weighted by atomic mass is 10.1. The zero-order chi connectivity index (χ0) is 23.6. The van der Waals surface area contributed by atoms with Crippen LogP contribution in [-0.2, 0) is 11.2 Å². The van der Waals surface area contributed by atoms with Crippen molar-refractivity contribution >= 4 is 17.9 Å². The monoisotopic (exact) mass is 452 g/mol. The molecule has 2 amide bonds. The van der Waals surface area contributed by atoms with Crippen molar-refractivity contribution < 1.29 is 27.9 Å². The number of hydrogen-bond acceptors (Lipinski definition) is 5. The van der Waals surface area contributed by atoms with Gasteiger partial charge in [0, 0.05) is 18.2 Å². The summed E-state index contributed by atoms with van der Waals surface area (Å²) in [6.45, 7) is 0.373. The highest BCUT2D eigenvalue weighted by molar-refractivity contribution is 6.05. The highest BCUT2D eigenvalue weighted by Crippen LogP contribution is 2.27. The lowest BCUT2D eigenvalue weighted by molar-refractivity contribution is -0.117. The van der Waals surface area contributed by atoms with Gasteiger partial charge in [-0.25, -0.2) is 4.39 Å². The Balaban J connectivity index is 1.66. The molecule has 0 atom stereocenters. The topological polar surface area (TPSA) is 89.8 Å². The fraction of sp³-hybridized carbons (Fsp3) is 0.200. The summed E-state index contributed by atoms with van der Waals surface area (Å²) in [5, 5.41) is 5.43. The van der Waals surface area contributed by atoms with Gasteiger partial charge >= 0.3 is 0 Å². The standard InChI is InChI=1S/C25H25FN2O5/c1-31-22-12-9-18(15-23(22)32-2)24(29)28-21(16-20-6-4-14-33-20)25(30)27-13-3-5-17-7-10-19(26)11-8-17/h4,6-12,14-16H,3,5,13H2,1-2H3,(H,27,30)(H,28,29)/b21-16-. The number of aryl methyl sites for hydroxylation is 1. The zero-order valence-electron chi connectivity index (χ0n) is 18.4. The number of nitrogens with one attached hydrogen (secondary N) is 2. The van der Waals surface area contributed by atoms with Crippen molar-refractivity contribution in [2.75, 3.05) is 20.8 Å². The SMILES string of the molecule is COc1ccc(C(=O)N/C(=C\c2ccco2)C(=O)NCCCc2ccc(F)cc2)cc1OC. The molecule has 8 heteroatoms. The van der Waals surface area contributed by atoms with Crippen LogP contribution < -0.4 is 20.1 Å². The minimum Gasteiger partial charge on any atom is -0.493 e. The first kappa shape index (κ1) is 23.6. The van der Waals surface area contributed by atoms with Crippen LogP contribution in [0, 0.1) is 5.82 Å². The van der Waals surface area contributed by atoms with E-state index in [1.807, 2.05) is 0 Å². The van der Waals surface area contributed by atoms with Gasteiger partial charge in [0.25, 0.3) is 11.8 Å². The third kappa shape index (κ3) is 6.70. The molecule has 1 heterocycles. The van der Waals surface area contributed by atoms with Crippen molar-refractivity contribution in [3.8, 4) is 11.5 Å². The summed E-state index contributed by atoms with van der Waals surface area (Å²) in [6, 6.07) is 14.3. The van der Waals surface area contributed by atoms with E-state index < -0.39 is 11.8 Å². The quantitative estimate of drug-likeness (QED) is 0.359. The van der Waals surface area contributed by atoms with Crippen LogP contribution >= 0.6 is 0 Å². The second-order valence-corrected chi connectivity index (χ2v) is 7.08. The molecule has 0 aliphatic heterocycles. The molecule has 2 N–H and O–H groups in total. The number of carbonyl (C=O) groups excluding carboxylic acids is 2. The lowest BCUT2D eigenvalue weighted by Gasteiger charge is -2.12. The van der Waals surface area contributed by atoms with Gasteiger partial charge in [-0.1, -0.05) is 12.1 Å². The Morgan fingerprint density at radius 1 is 1.03 bits per heavy atom. The number of rotatable bonds is 10. The van der Waals surface area contributed by atoms with Crippen molar-refractivity contribution in [3.63, 3.8) is 0 Å². The fourth-order valence-electron chi connectivity index (χ4n) is 3.09. The van der Waals surface area contributed by atoms with Gasteiger partial charge in [-0.05, 0) is 60.9 Å². The second kappa shape index (κ2) is 11.5. The van der Waals surface area contributed by atoms with E-state index in [0.717, 1.165) is 5.56 Å². The van der Waals surface area contributed by atoms with Gasteiger partial charge in [0.05, 0.1) is 20.5 Å². The number of methoxy groups -OCH3 is 2. The summed E-state index contributed by atoms with van der Waals surface area (Å²) in [7, 11) is 2.98. The number of halogens is 1. The molecule has 0 aliphatic carbocycles. The van der Waals surface area contributed by atoms with E-state index in [-0.39, 0.29) is 11.5 Å². The van der Waals surface area contributed by atoms with Gasteiger partial charge in [0.2, 0.25) is 0 Å². The molecule has 0 aliphatic rings. The van der Waals surface area contributed by atoms with E-state index in [1.165, 1.54) is 44.8 Å². The molecule has 0 unspecified atom stereocenters. The molecule has 0 fully saturated rings. The Morgan fingerprint density at radius 2 is 1.79 bits per heavy atom. The maximum atomic E-state index is 13.0. The first-order valence-electron chi connectivity index (χ1n) is 10.3. The molecule has 2 aromatic carbocycles. The average Bonchev–Trinajstić information content (AvgIpc) is 3.35. The normalized spacial score (nSPS) is 11.1. The smallest absolute Gasteiger partial charge is 0.267 e. The van der Waals surface area contributed by atoms with E-state index in [2.05, 4.69) is 10.6 Å². The Kier molecular flexibility index (Phi) is 8.24. The third-order valence-corrected chi connectivity index (χ3v) is 4.81. The summed E-state index contributed by atoms with van der Waals surface area (Å²) < 4.78 is 28.7. The Bertz CT molecular complexity index is 1110. The van der Waals surface area contributed by atoms with Crippen LogP contribution in [0.3, 0.4) is 0 Å². The summed E-state index contributed by atoms with van der Waals surface area (Å²) in [5.74, 6) is 0.0601. The van der Waals surface area contributed by atoms with Crippen molar-refractivity contribution in [3.05, 3.63) is 89.3 Å². The number of benzene rings is 2. The zero-order valence-corrected chi connectivity index (χ0v) is 18.4. The first-order chi connectivity index (χ1) is 16.0. The van der Waals surface area contributed by atoms with Gasteiger partial charge in [0.15, 0.2) is 11.5 Å². The predicted octanol–water partition coefficient (Wildman–Crippen LogP) is 3.96. The van der Waals surface area contributed by atoms with Gasteiger partial charge in [-0.15, -0.1) is 0 Å². The summed E-state index contributed by atoms with van der Waals surface area (Å²) in [4.78, 5) is 25.6. The van der Waals surface area contributed by atoms with Gasteiger partial charge < -0.3 is 24.5 Å². The summed E-state index contributed by atoms with van der Waals surface area (Å²) >= 11 is 0. The highest BCUT2D eigenvalue weighted by Gasteiger charge is 2.17. The summed E-state index contributed by atoms with van der Waals surface area (Å²) in [6.07, 6.45) is 4.25. The van der Waals surface area contributed by atoms with Crippen molar-refractivity contribution in [1.29, 1.82) is 0 Å². The largest absolute Gasteiger partial charge is 0.493 e. The molecule has 7 nitrogen and oxygen atoms in total. The lowest BCUT2D eigenvalue weighted by Crippen LogP contribution is -2.35. The summed E-state index contributed by atoms with van der Waals surface area (Å²) in [5.41, 5.74) is 1.30. The Morgan fingerprint density at radius 3 is 2.45 bits per heavy atom. The van der Waals surface area contributed by atoms with E-state index in [4.69, 9.17) is 13.9 Å². The minimum absolute atomic E-state index is 0.0338. The number of carbonyl (C=O) groups is 2. The molecule has 172 valence electrons. The number of hydrogen-bond donors (Lipinski definition) is 2. The minimum atomic E-state index is -0.491. The van der Waals surface area contributed by atoms with Crippen LogP contribution in [0.15, 0.2) is 71.0 Å². The van der Waals surface area contributed by atoms with E-state index in [9.17, 15) is 14.0 Å². The maximum absolute atomic E-state index is 13.0. The molecule has 0 saturated carbocycles. The second-order valence-electron chi connectivity index (χ2n) is 7.08. The molecule has 3 rings (SSSR count). The third-order valence-electron chi connectivity index (χ3n) is 4.81. The molecular formula is C25H25FN2O5. The van der Waals surface area contributed by atoms with Gasteiger partial charge in [0.1, 0.15) is 17.3 Å². The van der Waals surface area contributed by atoms with Crippen molar-refractivity contribution in [2.45, 2.75) is 12.8 Å². The molecule has 33 heavy (non-hydrogen) atoms. The van der Waals surface area contributed by atoms with Crippen LogP contribution in [0.2, 0.25) is 0 Å². The molecule has 1 aromatic heterocycles. The van der Waals surface area contributed by atoms with Crippen LogP contribution in [0.1, 0.15) is 28.1 Å². The van der Waals surface area contributed by atoms with Gasteiger partial charge in [-0.2, -0.15) is 0 Å². The van der Waals surface area contributed by atoms with Crippen molar-refractivity contribution in [2.24, 2.45) is 0 Å². The molecular weight excluding hydrogens is 427 g/mol. The maximum Gasteiger partial charge on any atom is 0.267 e. The van der Waals surface area contributed by atoms with Crippen molar-refractivity contribution in [1.82, 2.24) is 10.6 Å². The first-order valence-corrected chi connectivity index (χ1v) is 10.3. The Labute approximate surface area is 191 Å². The van der Waals surface area contributed by atoms with E-state index in [1.54, 1.807) is 36.4 Å². The fourth-order valence-corrected chi connectivity index (χ4v) is 3.09. The number of furan rings is 1. The highest BCUT2D eigenvalue weighted by atomic mass is 19.1. The molecule has 3 aromatic rings. The molecule has 0 bridgehead atoms. The molecule has 0 radical (unpaired) electrons. The number of ether oxygens (including phenoxy) is 2. The van der Waals surface area contributed by atoms with Crippen LogP contribution in [-0.4, -0.2) is 32.6 Å². The average molecular weight is 452 g/mol. The van der Waals surface area contributed by atoms with E-state index in [0.29, 0.717) is 42.2 Å². The predicted molar refractivity (Wildman–Crippen MR) is 121 cm³/mol. The van der Waals surface area contributed by atoms with Gasteiger partial charge in [-0.3, -0.25) is 9.59 Å². The Hall–Kier alpha value is -4.07. The van der Waals surface area contributed by atoms with E-state index >= 15 is 0 Å². The van der Waals surface area contributed by atoms with Crippen LogP contribution in [0.4, 0.5) is 4.39 Å². The molecule has 0 spiro atoms.